The van der Waals surface area contributed by atoms with Crippen molar-refractivity contribution in [1.82, 2.24) is 9.47 Å². The highest BCUT2D eigenvalue weighted by molar-refractivity contribution is 7.07. The molecule has 3 aromatic rings. The molecule has 0 unspecified atom stereocenters. The Balaban J connectivity index is 1.94. The first-order valence-electron chi connectivity index (χ1n) is 12.1. The van der Waals surface area contributed by atoms with E-state index in [1.807, 2.05) is 77.1 Å². The van der Waals surface area contributed by atoms with Gasteiger partial charge in [0.1, 0.15) is 5.75 Å². The molecule has 1 aliphatic rings. The molecule has 0 saturated heterocycles. The van der Waals surface area contributed by atoms with Crippen LogP contribution in [0.25, 0.3) is 6.08 Å². The molecule has 2 heterocycles. The van der Waals surface area contributed by atoms with Crippen molar-refractivity contribution in [3.63, 3.8) is 0 Å². The van der Waals surface area contributed by atoms with Gasteiger partial charge in [0.25, 0.3) is 11.5 Å². The van der Waals surface area contributed by atoms with Crippen molar-refractivity contribution in [1.29, 1.82) is 0 Å². The molecule has 0 fully saturated rings. The average molecular weight is 524 g/mol. The first-order chi connectivity index (χ1) is 17.2. The lowest BCUT2D eigenvalue weighted by Crippen LogP contribution is -2.43. The number of thiazole rings is 1. The van der Waals surface area contributed by atoms with Crippen LogP contribution in [0, 0.1) is 0 Å². The van der Waals surface area contributed by atoms with E-state index in [0.717, 1.165) is 11.1 Å². The zero-order valence-electron chi connectivity index (χ0n) is 21.1. The van der Waals surface area contributed by atoms with Gasteiger partial charge < -0.3 is 9.64 Å². The van der Waals surface area contributed by atoms with Crippen molar-refractivity contribution in [2.24, 2.45) is 4.99 Å². The maximum atomic E-state index is 13.9. The molecule has 1 amide bonds. The number of fused-ring (bicyclic) bond motifs is 1. The van der Waals surface area contributed by atoms with Crippen LogP contribution in [0.4, 0.5) is 0 Å². The molecule has 0 aliphatic carbocycles. The molecule has 1 aliphatic heterocycles. The summed E-state index contributed by atoms with van der Waals surface area (Å²) in [6, 6.07) is 14.3. The van der Waals surface area contributed by atoms with Crippen LogP contribution in [-0.2, 0) is 4.79 Å². The molecule has 2 aromatic carbocycles. The molecule has 1 aromatic heterocycles. The minimum Gasteiger partial charge on any atom is -0.490 e. The van der Waals surface area contributed by atoms with E-state index in [1.54, 1.807) is 21.6 Å². The third kappa shape index (κ3) is 5.04. The lowest BCUT2D eigenvalue weighted by molar-refractivity contribution is -0.127. The summed E-state index contributed by atoms with van der Waals surface area (Å²) < 4.78 is 8.11. The molecule has 36 heavy (non-hydrogen) atoms. The molecule has 8 heteroatoms. The minimum absolute atomic E-state index is 0.00182. The van der Waals surface area contributed by atoms with Crippen LogP contribution in [0.2, 0.25) is 5.02 Å². The summed E-state index contributed by atoms with van der Waals surface area (Å²) in [7, 11) is 0. The van der Waals surface area contributed by atoms with Gasteiger partial charge in [-0.3, -0.25) is 14.2 Å². The first kappa shape index (κ1) is 25.9. The number of allylic oxidation sites excluding steroid dienone is 1. The van der Waals surface area contributed by atoms with E-state index in [4.69, 9.17) is 21.3 Å². The molecule has 4 rings (SSSR count). The normalized spacial score (nSPS) is 15.6. The van der Waals surface area contributed by atoms with Crippen molar-refractivity contribution < 1.29 is 9.53 Å². The van der Waals surface area contributed by atoms with Gasteiger partial charge in [0.2, 0.25) is 0 Å². The maximum Gasteiger partial charge on any atom is 0.271 e. The number of para-hydroxylation sites is 1. The highest BCUT2D eigenvalue weighted by Crippen LogP contribution is 2.32. The Morgan fingerprint density at radius 2 is 1.83 bits per heavy atom. The van der Waals surface area contributed by atoms with E-state index in [0.29, 0.717) is 44.5 Å². The third-order valence-electron chi connectivity index (χ3n) is 6.06. The van der Waals surface area contributed by atoms with Gasteiger partial charge in [-0.15, -0.1) is 0 Å². The summed E-state index contributed by atoms with van der Waals surface area (Å²) in [6.45, 7) is 10.8. The van der Waals surface area contributed by atoms with Gasteiger partial charge in [-0.1, -0.05) is 53.3 Å². The molecular weight excluding hydrogens is 494 g/mol. The van der Waals surface area contributed by atoms with Crippen molar-refractivity contribution >= 4 is 34.9 Å². The Morgan fingerprint density at radius 1 is 1.17 bits per heavy atom. The fourth-order valence-electron chi connectivity index (χ4n) is 4.34. The fourth-order valence-corrected chi connectivity index (χ4v) is 5.50. The number of rotatable bonds is 7. The summed E-state index contributed by atoms with van der Waals surface area (Å²) in [6.07, 6.45) is 1.84. The molecule has 1 atom stereocenters. The number of aromatic nitrogens is 1. The smallest absolute Gasteiger partial charge is 0.271 e. The Bertz CT molecular complexity index is 1480. The monoisotopic (exact) mass is 523 g/mol. The quantitative estimate of drug-likeness (QED) is 0.456. The van der Waals surface area contributed by atoms with E-state index >= 15 is 0 Å². The summed E-state index contributed by atoms with van der Waals surface area (Å²) in [5, 5.41) is 0.588. The Morgan fingerprint density at radius 3 is 2.47 bits per heavy atom. The fraction of sp³-hybridized carbons (Fsp3) is 0.321. The largest absolute Gasteiger partial charge is 0.490 e. The number of likely N-dealkylation sites (N-methyl/N-ethyl adjacent to an activating group) is 1. The molecule has 0 spiro atoms. The summed E-state index contributed by atoms with van der Waals surface area (Å²) in [4.78, 5) is 34.5. The van der Waals surface area contributed by atoms with Crippen LogP contribution in [-0.4, -0.2) is 34.6 Å². The average Bonchev–Trinajstić information content (AvgIpc) is 3.14. The SMILES string of the molecule is CCN(CC)C(=O)C1=C(C)N=c2s/c(=C/c3ccccc3OC(C)C)c(=O)n2[C@@H]1c1ccc(Cl)cc1. The van der Waals surface area contributed by atoms with E-state index < -0.39 is 6.04 Å². The second kappa shape index (κ2) is 10.8. The van der Waals surface area contributed by atoms with Gasteiger partial charge in [0.15, 0.2) is 4.80 Å². The van der Waals surface area contributed by atoms with Gasteiger partial charge in [-0.05, 0) is 64.5 Å². The number of benzene rings is 2. The van der Waals surface area contributed by atoms with E-state index in [2.05, 4.69) is 0 Å². The number of ether oxygens (including phenoxy) is 1. The summed E-state index contributed by atoms with van der Waals surface area (Å²) >= 11 is 7.47. The van der Waals surface area contributed by atoms with Gasteiger partial charge in [-0.2, -0.15) is 0 Å². The summed E-state index contributed by atoms with van der Waals surface area (Å²) in [5.41, 5.74) is 2.54. The minimum atomic E-state index is -0.601. The molecule has 0 bridgehead atoms. The molecule has 0 saturated carbocycles. The van der Waals surface area contributed by atoms with Crippen LogP contribution < -0.4 is 19.6 Å². The first-order valence-corrected chi connectivity index (χ1v) is 13.3. The Hall–Kier alpha value is -3.16. The van der Waals surface area contributed by atoms with Gasteiger partial charge in [-0.25, -0.2) is 4.99 Å². The topological polar surface area (TPSA) is 63.9 Å². The van der Waals surface area contributed by atoms with Gasteiger partial charge >= 0.3 is 0 Å². The highest BCUT2D eigenvalue weighted by atomic mass is 35.5. The zero-order chi connectivity index (χ0) is 26.0. The number of amides is 1. The lowest BCUT2D eigenvalue weighted by Gasteiger charge is -2.29. The third-order valence-corrected chi connectivity index (χ3v) is 7.29. The van der Waals surface area contributed by atoms with Crippen LogP contribution in [0.3, 0.4) is 0 Å². The number of carbonyl (C=O) groups is 1. The van der Waals surface area contributed by atoms with Crippen molar-refractivity contribution in [3.05, 3.63) is 95.6 Å². The van der Waals surface area contributed by atoms with E-state index in [1.165, 1.54) is 11.3 Å². The van der Waals surface area contributed by atoms with Crippen LogP contribution in [0.1, 0.15) is 51.8 Å². The van der Waals surface area contributed by atoms with Crippen LogP contribution >= 0.6 is 22.9 Å². The molecule has 6 nitrogen and oxygen atoms in total. The number of hydrogen-bond donors (Lipinski definition) is 0. The Kier molecular flexibility index (Phi) is 7.81. The maximum absolute atomic E-state index is 13.9. The molecule has 0 radical (unpaired) electrons. The van der Waals surface area contributed by atoms with Crippen molar-refractivity contribution in [2.45, 2.75) is 46.8 Å². The second-order valence-corrected chi connectivity index (χ2v) is 10.3. The predicted molar refractivity (Wildman–Crippen MR) is 145 cm³/mol. The van der Waals surface area contributed by atoms with Crippen molar-refractivity contribution in [2.75, 3.05) is 13.1 Å². The lowest BCUT2D eigenvalue weighted by atomic mass is 9.94. The van der Waals surface area contributed by atoms with Crippen molar-refractivity contribution in [3.8, 4) is 5.75 Å². The number of carbonyl (C=O) groups excluding carboxylic acids is 1. The summed E-state index contributed by atoms with van der Waals surface area (Å²) in [5.74, 6) is 0.590. The standard InChI is InChI=1S/C28H30ClN3O3S/c1-6-31(7-2)27(34)24-18(5)30-28-32(25(24)19-12-14-21(29)15-13-19)26(33)23(36-28)16-20-10-8-9-11-22(20)35-17(3)4/h8-17,25H,6-7H2,1-5H3/b23-16+/t25-/m1/s1. The predicted octanol–water partition coefficient (Wildman–Crippen LogP) is 4.54. The Labute approximate surface area is 219 Å². The molecule has 188 valence electrons. The van der Waals surface area contributed by atoms with Gasteiger partial charge in [0, 0.05) is 23.7 Å². The number of nitrogens with zero attached hydrogens (tertiary/aromatic N) is 3. The second-order valence-electron chi connectivity index (χ2n) is 8.82. The highest BCUT2D eigenvalue weighted by Gasteiger charge is 2.34. The van der Waals surface area contributed by atoms with Gasteiger partial charge in [0.05, 0.1) is 27.9 Å². The zero-order valence-corrected chi connectivity index (χ0v) is 22.7. The molecular formula is C28H30ClN3O3S. The van der Waals surface area contributed by atoms with E-state index in [9.17, 15) is 9.59 Å². The van der Waals surface area contributed by atoms with Crippen LogP contribution in [0.5, 0.6) is 5.75 Å². The molecule has 0 N–H and O–H groups in total. The number of halogens is 1. The van der Waals surface area contributed by atoms with E-state index in [-0.39, 0.29) is 17.6 Å². The number of hydrogen-bond acceptors (Lipinski definition) is 5. The van der Waals surface area contributed by atoms with Crippen LogP contribution in [0.15, 0.2) is 69.6 Å².